The number of hydrogen-bond acceptors (Lipinski definition) is 8. The molecule has 0 saturated carbocycles. The second kappa shape index (κ2) is 5.27. The van der Waals surface area contributed by atoms with Crippen LogP contribution in [0, 0.1) is 0 Å². The van der Waals surface area contributed by atoms with Gasteiger partial charge in [-0.1, -0.05) is 18.7 Å². The minimum Gasteiger partial charge on any atom is -0.392 e. The van der Waals surface area contributed by atoms with Crippen molar-refractivity contribution in [2.75, 3.05) is 5.73 Å². The Kier molecular flexibility index (Phi) is 3.72. The number of rotatable bonds is 4. The predicted molar refractivity (Wildman–Crippen MR) is 66.2 cm³/mol. The molecule has 2 aromatic heterocycles. The topological polar surface area (TPSA) is 116 Å². The maximum atomic E-state index is 9.45. The number of aliphatic hydroxyl groups is 1. The van der Waals surface area contributed by atoms with E-state index in [9.17, 15) is 5.11 Å². The second-order valence-corrected chi connectivity index (χ2v) is 5.02. The van der Waals surface area contributed by atoms with Crippen LogP contribution >= 0.6 is 11.8 Å². The maximum Gasteiger partial charge on any atom is 0.257 e. The molecule has 2 unspecified atom stereocenters. The molecule has 0 aliphatic heterocycles. The Labute approximate surface area is 108 Å². The van der Waals surface area contributed by atoms with Gasteiger partial charge in [0.05, 0.1) is 6.10 Å². The van der Waals surface area contributed by atoms with Crippen LogP contribution in [0.5, 0.6) is 0 Å². The summed E-state index contributed by atoms with van der Waals surface area (Å²) in [6, 6.07) is 0. The normalized spacial score (nSPS) is 14.4. The smallest absolute Gasteiger partial charge is 0.257 e. The highest BCUT2D eigenvalue weighted by Crippen LogP contribution is 2.22. The van der Waals surface area contributed by atoms with E-state index in [1.54, 1.807) is 6.92 Å². The van der Waals surface area contributed by atoms with Crippen LogP contribution < -0.4 is 5.73 Å². The lowest BCUT2D eigenvalue weighted by Gasteiger charge is -2.12. The molecular weight excluding hydrogens is 254 g/mol. The maximum absolute atomic E-state index is 9.45. The Morgan fingerprint density at radius 3 is 2.72 bits per heavy atom. The molecule has 0 fully saturated rings. The van der Waals surface area contributed by atoms with Crippen molar-refractivity contribution in [1.29, 1.82) is 0 Å². The van der Waals surface area contributed by atoms with Gasteiger partial charge in [0.1, 0.15) is 12.7 Å². The zero-order chi connectivity index (χ0) is 13.1. The molecule has 96 valence electrons. The molecule has 2 aromatic rings. The highest BCUT2D eigenvalue weighted by atomic mass is 32.2. The first-order chi connectivity index (χ1) is 8.56. The molecule has 3 N–H and O–H groups in total. The summed E-state index contributed by atoms with van der Waals surface area (Å²) in [4.78, 5) is 16.0. The molecule has 0 amide bonds. The molecule has 0 aromatic carbocycles. The summed E-state index contributed by atoms with van der Waals surface area (Å²) in [6.07, 6.45) is 2.38. The fraction of sp³-hybridized carbons (Fsp3) is 0.444. The number of thioether (sulfide) groups is 1. The molecule has 2 heterocycles. The van der Waals surface area contributed by atoms with Crippen molar-refractivity contribution in [2.45, 2.75) is 30.4 Å². The summed E-state index contributed by atoms with van der Waals surface area (Å²) in [6.45, 7) is 3.59. The lowest BCUT2D eigenvalue weighted by molar-refractivity contribution is 0.196. The minimum atomic E-state index is -0.470. The fourth-order valence-corrected chi connectivity index (χ4v) is 1.90. The average Bonchev–Trinajstić information content (AvgIpc) is 2.81. The van der Waals surface area contributed by atoms with Gasteiger partial charge in [-0.3, -0.25) is 0 Å². The number of nitrogens with zero attached hydrogens (tertiary/aromatic N) is 6. The SMILES string of the molecule is CC(O)C(C)Sc1nc(N)nc(-n2cncn2)n1. The van der Waals surface area contributed by atoms with Crippen LogP contribution in [0.1, 0.15) is 13.8 Å². The quantitative estimate of drug-likeness (QED) is 0.737. The standard InChI is InChI=1S/C9H13N7OS/c1-5(17)6(2)18-9-14-7(10)13-8(15-9)16-4-11-3-12-16/h3-6,17H,1-2H3,(H2,10,13,14,15). The zero-order valence-corrected chi connectivity index (χ0v) is 10.7. The third kappa shape index (κ3) is 2.93. The van der Waals surface area contributed by atoms with Gasteiger partial charge < -0.3 is 10.8 Å². The number of aliphatic hydroxyl groups excluding tert-OH is 1. The summed E-state index contributed by atoms with van der Waals surface area (Å²) in [5.41, 5.74) is 5.62. The van der Waals surface area contributed by atoms with Gasteiger partial charge in [0, 0.05) is 5.25 Å². The summed E-state index contributed by atoms with van der Waals surface area (Å²) in [5, 5.41) is 13.8. The lowest BCUT2D eigenvalue weighted by atomic mass is 10.3. The number of anilines is 1. The highest BCUT2D eigenvalue weighted by molar-refractivity contribution is 7.99. The third-order valence-corrected chi connectivity index (χ3v) is 3.37. The van der Waals surface area contributed by atoms with Crippen LogP contribution in [0.3, 0.4) is 0 Å². The van der Waals surface area contributed by atoms with Crippen LogP contribution in [0.15, 0.2) is 17.8 Å². The van der Waals surface area contributed by atoms with Crippen molar-refractivity contribution in [3.05, 3.63) is 12.7 Å². The van der Waals surface area contributed by atoms with Gasteiger partial charge in [0.2, 0.25) is 5.95 Å². The molecule has 2 rings (SSSR count). The molecule has 0 radical (unpaired) electrons. The number of hydrogen-bond donors (Lipinski definition) is 2. The molecule has 0 bridgehead atoms. The van der Waals surface area contributed by atoms with Crippen LogP contribution in [0.2, 0.25) is 0 Å². The summed E-state index contributed by atoms with van der Waals surface area (Å²) in [5.74, 6) is 0.413. The Balaban J connectivity index is 2.27. The first-order valence-electron chi connectivity index (χ1n) is 5.27. The van der Waals surface area contributed by atoms with Gasteiger partial charge in [-0.05, 0) is 6.92 Å². The fourth-order valence-electron chi connectivity index (χ4n) is 1.09. The van der Waals surface area contributed by atoms with E-state index in [1.165, 1.54) is 29.1 Å². The van der Waals surface area contributed by atoms with Gasteiger partial charge in [-0.15, -0.1) is 0 Å². The molecule has 0 saturated heterocycles. The monoisotopic (exact) mass is 267 g/mol. The van der Waals surface area contributed by atoms with Crippen molar-refractivity contribution in [3.63, 3.8) is 0 Å². The molecule has 0 aliphatic carbocycles. The Morgan fingerprint density at radius 1 is 1.33 bits per heavy atom. The van der Waals surface area contributed by atoms with E-state index in [-0.39, 0.29) is 11.2 Å². The molecule has 0 aliphatic rings. The van der Waals surface area contributed by atoms with Crippen LogP contribution in [0.4, 0.5) is 5.95 Å². The van der Waals surface area contributed by atoms with E-state index < -0.39 is 6.10 Å². The lowest BCUT2D eigenvalue weighted by Crippen LogP contribution is -2.16. The molecular formula is C9H13N7OS. The van der Waals surface area contributed by atoms with Crippen molar-refractivity contribution >= 4 is 17.7 Å². The van der Waals surface area contributed by atoms with Gasteiger partial charge in [0.15, 0.2) is 5.16 Å². The average molecular weight is 267 g/mol. The summed E-state index contributed by atoms with van der Waals surface area (Å²) < 4.78 is 1.40. The zero-order valence-electron chi connectivity index (χ0n) is 9.93. The Bertz CT molecular complexity index is 516. The van der Waals surface area contributed by atoms with Gasteiger partial charge in [-0.2, -0.15) is 24.7 Å². The van der Waals surface area contributed by atoms with Crippen LogP contribution in [0.25, 0.3) is 5.95 Å². The molecule has 9 heteroatoms. The van der Waals surface area contributed by atoms with Crippen molar-refractivity contribution in [1.82, 2.24) is 29.7 Å². The third-order valence-electron chi connectivity index (χ3n) is 2.21. The van der Waals surface area contributed by atoms with E-state index >= 15 is 0 Å². The largest absolute Gasteiger partial charge is 0.392 e. The minimum absolute atomic E-state index is 0.0459. The van der Waals surface area contributed by atoms with E-state index in [0.29, 0.717) is 11.1 Å². The van der Waals surface area contributed by atoms with Crippen molar-refractivity contribution in [3.8, 4) is 5.95 Å². The van der Waals surface area contributed by atoms with Gasteiger partial charge in [-0.25, -0.2) is 4.98 Å². The highest BCUT2D eigenvalue weighted by Gasteiger charge is 2.14. The van der Waals surface area contributed by atoms with Crippen LogP contribution in [-0.4, -0.2) is 46.2 Å². The predicted octanol–water partition coefficient (Wildman–Crippen LogP) is -0.104. The number of nitrogen functional groups attached to an aromatic ring is 1. The van der Waals surface area contributed by atoms with E-state index in [0.717, 1.165) is 0 Å². The van der Waals surface area contributed by atoms with Crippen molar-refractivity contribution < 1.29 is 5.11 Å². The summed E-state index contributed by atoms with van der Waals surface area (Å²) >= 11 is 1.32. The van der Waals surface area contributed by atoms with E-state index in [2.05, 4.69) is 25.0 Å². The summed E-state index contributed by atoms with van der Waals surface area (Å²) in [7, 11) is 0. The Morgan fingerprint density at radius 2 is 2.11 bits per heavy atom. The van der Waals surface area contributed by atoms with Gasteiger partial charge >= 0.3 is 0 Å². The second-order valence-electron chi connectivity index (χ2n) is 3.68. The van der Waals surface area contributed by atoms with Gasteiger partial charge in [0.25, 0.3) is 5.95 Å². The Hall–Kier alpha value is -1.74. The van der Waals surface area contributed by atoms with Crippen LogP contribution in [-0.2, 0) is 0 Å². The first kappa shape index (κ1) is 12.7. The van der Waals surface area contributed by atoms with E-state index in [4.69, 9.17) is 5.73 Å². The molecule has 2 atom stereocenters. The molecule has 18 heavy (non-hydrogen) atoms. The number of nitrogens with two attached hydrogens (primary N) is 1. The van der Waals surface area contributed by atoms with Crippen molar-refractivity contribution in [2.24, 2.45) is 0 Å². The molecule has 8 nitrogen and oxygen atoms in total. The first-order valence-corrected chi connectivity index (χ1v) is 6.15. The molecule has 0 spiro atoms. The van der Waals surface area contributed by atoms with E-state index in [1.807, 2.05) is 6.92 Å². The number of aromatic nitrogens is 6.